The van der Waals surface area contributed by atoms with Crippen LogP contribution in [0.3, 0.4) is 0 Å². The number of methoxy groups -OCH3 is 1. The predicted molar refractivity (Wildman–Crippen MR) is 167 cm³/mol. The highest BCUT2D eigenvalue weighted by Crippen LogP contribution is 2.29. The summed E-state index contributed by atoms with van der Waals surface area (Å²) in [4.78, 5) is 55.2. The molecule has 0 heterocycles. The lowest BCUT2D eigenvalue weighted by atomic mass is 9.94. The fourth-order valence-corrected chi connectivity index (χ4v) is 4.93. The number of esters is 1. The molecule has 2 aromatic carbocycles. The number of carbonyl (C=O) groups excluding carboxylic acids is 4. The summed E-state index contributed by atoms with van der Waals surface area (Å²) < 4.78 is 10.3. The van der Waals surface area contributed by atoms with E-state index in [2.05, 4.69) is 24.5 Å². The summed E-state index contributed by atoms with van der Waals surface area (Å²) in [6.07, 6.45) is 0.904. The third-order valence-corrected chi connectivity index (χ3v) is 6.88. The van der Waals surface area contributed by atoms with Crippen LogP contribution in [0.25, 0.3) is 0 Å². The second kappa shape index (κ2) is 16.1. The molecule has 0 spiro atoms. The first-order valence-electron chi connectivity index (χ1n) is 14.9. The SMILES string of the molecule is COC(=O)CNC(=O)C(c1cc(C)cc(C)c1)N(C(=O)C(Cc1ccccc1)NC(=O)OC(C)(C)C)C(C)CCC(C)C. The summed E-state index contributed by atoms with van der Waals surface area (Å²) in [7, 11) is 1.25. The second-order valence-corrected chi connectivity index (χ2v) is 12.6. The monoisotopic (exact) mass is 595 g/mol. The van der Waals surface area contributed by atoms with E-state index in [0.29, 0.717) is 17.9 Å². The van der Waals surface area contributed by atoms with Crippen molar-refractivity contribution in [3.05, 3.63) is 70.8 Å². The van der Waals surface area contributed by atoms with E-state index in [0.717, 1.165) is 23.1 Å². The van der Waals surface area contributed by atoms with Gasteiger partial charge in [-0.25, -0.2) is 4.79 Å². The van der Waals surface area contributed by atoms with E-state index < -0.39 is 41.6 Å². The minimum absolute atomic E-state index is 0.190. The number of carbonyl (C=O) groups is 4. The lowest BCUT2D eigenvalue weighted by Crippen LogP contribution is -2.56. The molecular weight excluding hydrogens is 546 g/mol. The summed E-state index contributed by atoms with van der Waals surface area (Å²) in [5.74, 6) is -1.18. The molecule has 0 saturated heterocycles. The lowest BCUT2D eigenvalue weighted by Gasteiger charge is -2.39. The van der Waals surface area contributed by atoms with Gasteiger partial charge in [0.1, 0.15) is 24.2 Å². The summed E-state index contributed by atoms with van der Waals surface area (Å²) in [5, 5.41) is 5.46. The second-order valence-electron chi connectivity index (χ2n) is 12.6. The van der Waals surface area contributed by atoms with E-state index in [1.807, 2.05) is 69.3 Å². The molecule has 236 valence electrons. The average Bonchev–Trinajstić information content (AvgIpc) is 2.91. The van der Waals surface area contributed by atoms with Gasteiger partial charge in [-0.1, -0.05) is 73.5 Å². The number of nitrogens with one attached hydrogen (secondary N) is 2. The van der Waals surface area contributed by atoms with E-state index in [9.17, 15) is 19.2 Å². The van der Waals surface area contributed by atoms with Gasteiger partial charge in [-0.15, -0.1) is 0 Å². The first kappa shape index (κ1) is 35.3. The first-order chi connectivity index (χ1) is 20.1. The molecule has 0 aliphatic carbocycles. The average molecular weight is 596 g/mol. The lowest BCUT2D eigenvalue weighted by molar-refractivity contribution is -0.146. The van der Waals surface area contributed by atoms with Crippen LogP contribution in [-0.2, 0) is 30.3 Å². The molecule has 9 heteroatoms. The van der Waals surface area contributed by atoms with Gasteiger partial charge in [-0.2, -0.15) is 0 Å². The van der Waals surface area contributed by atoms with Crippen molar-refractivity contribution in [2.75, 3.05) is 13.7 Å². The summed E-state index contributed by atoms with van der Waals surface area (Å²) in [5.41, 5.74) is 2.53. The molecule has 0 saturated carbocycles. The molecule has 3 unspecified atom stereocenters. The zero-order valence-electron chi connectivity index (χ0n) is 27.2. The molecule has 3 amide bonds. The Balaban J connectivity index is 2.68. The molecule has 2 rings (SSSR count). The fourth-order valence-electron chi connectivity index (χ4n) is 4.93. The summed E-state index contributed by atoms with van der Waals surface area (Å²) in [6, 6.07) is 12.6. The highest BCUT2D eigenvalue weighted by Gasteiger charge is 2.39. The Bertz CT molecular complexity index is 1220. The van der Waals surface area contributed by atoms with Gasteiger partial charge in [0.2, 0.25) is 11.8 Å². The molecule has 0 radical (unpaired) electrons. The highest BCUT2D eigenvalue weighted by molar-refractivity contribution is 5.93. The molecule has 43 heavy (non-hydrogen) atoms. The maximum absolute atomic E-state index is 14.7. The standard InChI is InChI=1S/C34H49N3O6/c1-22(2)15-16-25(5)37(30(31(39)35-21-29(38)42-9)27-18-23(3)17-24(4)19-27)32(40)28(20-26-13-11-10-12-14-26)36-33(41)43-34(6,7)8/h10-14,17-19,22,25,28,30H,15-16,20-21H2,1-9H3,(H,35,39)(H,36,41). The quantitative estimate of drug-likeness (QED) is 0.299. The summed E-state index contributed by atoms with van der Waals surface area (Å²) >= 11 is 0. The number of benzene rings is 2. The smallest absolute Gasteiger partial charge is 0.408 e. The van der Waals surface area contributed by atoms with Crippen LogP contribution in [0.1, 0.15) is 82.7 Å². The fraction of sp³-hybridized carbons (Fsp3) is 0.529. The number of rotatable bonds is 13. The van der Waals surface area contributed by atoms with Gasteiger partial charge < -0.3 is 25.0 Å². The van der Waals surface area contributed by atoms with Crippen LogP contribution in [0.2, 0.25) is 0 Å². The third kappa shape index (κ3) is 11.7. The number of alkyl carbamates (subject to hydrolysis) is 1. The molecule has 0 aromatic heterocycles. The zero-order valence-corrected chi connectivity index (χ0v) is 27.2. The van der Waals surface area contributed by atoms with E-state index in [1.165, 1.54) is 7.11 Å². The summed E-state index contributed by atoms with van der Waals surface area (Å²) in [6.45, 7) is 14.9. The van der Waals surface area contributed by atoms with Crippen LogP contribution in [0.15, 0.2) is 48.5 Å². The van der Waals surface area contributed by atoms with Gasteiger partial charge in [0.15, 0.2) is 0 Å². The molecule has 0 aliphatic heterocycles. The molecule has 9 nitrogen and oxygen atoms in total. The van der Waals surface area contributed by atoms with Gasteiger partial charge in [-0.3, -0.25) is 14.4 Å². The van der Waals surface area contributed by atoms with Gasteiger partial charge in [0.05, 0.1) is 7.11 Å². The maximum Gasteiger partial charge on any atom is 0.408 e. The van der Waals surface area contributed by atoms with Crippen molar-refractivity contribution < 1.29 is 28.7 Å². The van der Waals surface area contributed by atoms with E-state index in [-0.39, 0.29) is 19.0 Å². The molecule has 0 aliphatic rings. The van der Waals surface area contributed by atoms with Crippen molar-refractivity contribution in [1.82, 2.24) is 15.5 Å². The van der Waals surface area contributed by atoms with E-state index >= 15 is 0 Å². The van der Waals surface area contributed by atoms with Crippen LogP contribution in [-0.4, -0.2) is 60.1 Å². The number of aryl methyl sites for hydroxylation is 2. The van der Waals surface area contributed by atoms with Crippen molar-refractivity contribution in [2.24, 2.45) is 5.92 Å². The van der Waals surface area contributed by atoms with Crippen LogP contribution in [0.5, 0.6) is 0 Å². The Morgan fingerprint density at radius 1 is 0.907 bits per heavy atom. The molecule has 0 fully saturated rings. The van der Waals surface area contributed by atoms with E-state index in [1.54, 1.807) is 25.7 Å². The Hall–Kier alpha value is -3.88. The van der Waals surface area contributed by atoms with Crippen LogP contribution in [0, 0.1) is 19.8 Å². The highest BCUT2D eigenvalue weighted by atomic mass is 16.6. The normalized spacial score (nSPS) is 13.4. The molecular formula is C34H49N3O6. The predicted octanol–water partition coefficient (Wildman–Crippen LogP) is 5.42. The first-order valence-corrected chi connectivity index (χ1v) is 14.9. The van der Waals surface area contributed by atoms with Crippen molar-refractivity contribution >= 4 is 23.9 Å². The molecule has 2 aromatic rings. The Morgan fingerprint density at radius 3 is 2.05 bits per heavy atom. The maximum atomic E-state index is 14.7. The van der Waals surface area contributed by atoms with Crippen molar-refractivity contribution in [3.8, 4) is 0 Å². The Labute approximate surface area is 256 Å². The molecule has 2 N–H and O–H groups in total. The number of nitrogens with zero attached hydrogens (tertiary/aromatic N) is 1. The van der Waals surface area contributed by atoms with Crippen LogP contribution < -0.4 is 10.6 Å². The number of amides is 3. The molecule has 3 atom stereocenters. The van der Waals surface area contributed by atoms with Gasteiger partial charge >= 0.3 is 12.1 Å². The number of hydrogen-bond donors (Lipinski definition) is 2. The largest absolute Gasteiger partial charge is 0.468 e. The van der Waals surface area contributed by atoms with Gasteiger partial charge in [-0.05, 0) is 71.4 Å². The van der Waals surface area contributed by atoms with Crippen molar-refractivity contribution in [1.29, 1.82) is 0 Å². The molecule has 0 bridgehead atoms. The Kier molecular flexibility index (Phi) is 13.2. The van der Waals surface area contributed by atoms with Gasteiger partial charge in [0, 0.05) is 12.5 Å². The van der Waals surface area contributed by atoms with Crippen LogP contribution >= 0.6 is 0 Å². The van der Waals surface area contributed by atoms with E-state index in [4.69, 9.17) is 9.47 Å². The Morgan fingerprint density at radius 2 is 1.51 bits per heavy atom. The van der Waals surface area contributed by atoms with Gasteiger partial charge in [0.25, 0.3) is 0 Å². The minimum Gasteiger partial charge on any atom is -0.468 e. The topological polar surface area (TPSA) is 114 Å². The van der Waals surface area contributed by atoms with Crippen molar-refractivity contribution in [2.45, 2.75) is 98.4 Å². The third-order valence-electron chi connectivity index (χ3n) is 6.88. The van der Waals surface area contributed by atoms with Crippen molar-refractivity contribution in [3.63, 3.8) is 0 Å². The number of hydrogen-bond acceptors (Lipinski definition) is 6. The zero-order chi connectivity index (χ0) is 32.3. The van der Waals surface area contributed by atoms with Crippen LogP contribution in [0.4, 0.5) is 4.79 Å². The minimum atomic E-state index is -1.07. The number of ether oxygens (including phenoxy) is 2.